The highest BCUT2D eigenvalue weighted by molar-refractivity contribution is 5.76. The summed E-state index contributed by atoms with van der Waals surface area (Å²) in [6, 6.07) is 4.49. The molecule has 2 heterocycles. The van der Waals surface area contributed by atoms with Crippen LogP contribution in [0.2, 0.25) is 0 Å². The molecule has 2 aromatic rings. The van der Waals surface area contributed by atoms with Crippen LogP contribution in [0.15, 0.2) is 29.2 Å². The number of hydrogen-bond acceptors (Lipinski definition) is 4. The number of carbonyl (C=O) groups is 1. The Bertz CT molecular complexity index is 675. The Morgan fingerprint density at radius 2 is 2.26 bits per heavy atom. The van der Waals surface area contributed by atoms with Gasteiger partial charge in [-0.05, 0) is 37.3 Å². The number of nitrogens with zero attached hydrogens (tertiary/aromatic N) is 4. The van der Waals surface area contributed by atoms with Crippen molar-refractivity contribution in [2.45, 2.75) is 57.7 Å². The van der Waals surface area contributed by atoms with Crippen molar-refractivity contribution in [1.82, 2.24) is 19.7 Å². The smallest absolute Gasteiger partial charge is 0.225 e. The van der Waals surface area contributed by atoms with Crippen LogP contribution in [0.1, 0.15) is 50.0 Å². The van der Waals surface area contributed by atoms with Gasteiger partial charge in [-0.2, -0.15) is 5.10 Å². The molecule has 2 aliphatic carbocycles. The van der Waals surface area contributed by atoms with Gasteiger partial charge >= 0.3 is 0 Å². The zero-order chi connectivity index (χ0) is 15.8. The van der Waals surface area contributed by atoms with Crippen molar-refractivity contribution in [3.63, 3.8) is 0 Å². The molecule has 0 aliphatic heterocycles. The first-order chi connectivity index (χ1) is 11.2. The van der Waals surface area contributed by atoms with Crippen LogP contribution < -0.4 is 0 Å². The molecule has 2 saturated carbocycles. The third-order valence-corrected chi connectivity index (χ3v) is 4.81. The van der Waals surface area contributed by atoms with E-state index in [1.165, 1.54) is 12.7 Å². The van der Waals surface area contributed by atoms with Crippen LogP contribution in [-0.2, 0) is 17.9 Å². The molecule has 0 unspecified atom stereocenters. The number of furan rings is 1. The molecule has 0 N–H and O–H groups in total. The largest absolute Gasteiger partial charge is 0.464 e. The molecule has 0 spiro atoms. The van der Waals surface area contributed by atoms with Crippen LogP contribution >= 0.6 is 0 Å². The van der Waals surface area contributed by atoms with Gasteiger partial charge in [0.2, 0.25) is 5.91 Å². The molecular weight excluding hydrogens is 292 g/mol. The van der Waals surface area contributed by atoms with E-state index in [1.807, 2.05) is 11.0 Å². The number of hydrogen-bond donors (Lipinski definition) is 0. The second-order valence-corrected chi connectivity index (χ2v) is 6.78. The minimum Gasteiger partial charge on any atom is -0.464 e. The molecule has 4 rings (SSSR count). The van der Waals surface area contributed by atoms with Gasteiger partial charge in [0.05, 0.1) is 13.1 Å². The van der Waals surface area contributed by atoms with E-state index in [9.17, 15) is 4.79 Å². The maximum Gasteiger partial charge on any atom is 0.225 e. The average molecular weight is 314 g/mol. The molecule has 0 saturated heterocycles. The molecule has 23 heavy (non-hydrogen) atoms. The van der Waals surface area contributed by atoms with Crippen LogP contribution in [0.5, 0.6) is 0 Å². The second kappa shape index (κ2) is 5.83. The Labute approximate surface area is 135 Å². The van der Waals surface area contributed by atoms with Gasteiger partial charge in [0.25, 0.3) is 0 Å². The van der Waals surface area contributed by atoms with E-state index in [2.05, 4.69) is 23.1 Å². The molecule has 2 aromatic heterocycles. The lowest BCUT2D eigenvalue weighted by atomic mass is 10.2. The van der Waals surface area contributed by atoms with E-state index in [-0.39, 0.29) is 5.91 Å². The Balaban J connectivity index is 1.37. The summed E-state index contributed by atoms with van der Waals surface area (Å²) in [6.07, 6.45) is 7.00. The Hall–Kier alpha value is -2.11. The fourth-order valence-electron chi connectivity index (χ4n) is 3.07. The summed E-state index contributed by atoms with van der Waals surface area (Å²) in [7, 11) is 0. The maximum absolute atomic E-state index is 12.6. The van der Waals surface area contributed by atoms with Crippen LogP contribution in [0, 0.1) is 5.92 Å². The Morgan fingerprint density at radius 3 is 2.91 bits per heavy atom. The highest BCUT2D eigenvalue weighted by Gasteiger charge is 2.37. The minimum absolute atomic E-state index is 0.167. The average Bonchev–Trinajstić information content (AvgIpc) is 3.40. The van der Waals surface area contributed by atoms with Crippen LogP contribution in [0.3, 0.4) is 0 Å². The molecule has 0 aromatic carbocycles. The summed E-state index contributed by atoms with van der Waals surface area (Å²) < 4.78 is 7.66. The van der Waals surface area contributed by atoms with E-state index in [4.69, 9.17) is 4.42 Å². The number of aryl methyl sites for hydroxylation is 1. The van der Waals surface area contributed by atoms with Crippen LogP contribution in [-0.4, -0.2) is 31.6 Å². The van der Waals surface area contributed by atoms with E-state index in [0.717, 1.165) is 30.3 Å². The van der Waals surface area contributed by atoms with Gasteiger partial charge in [-0.1, -0.05) is 6.92 Å². The quantitative estimate of drug-likeness (QED) is 0.788. The van der Waals surface area contributed by atoms with E-state index in [1.54, 1.807) is 11.0 Å². The normalized spacial score (nSPS) is 23.0. The van der Waals surface area contributed by atoms with Crippen molar-refractivity contribution >= 4 is 5.91 Å². The summed E-state index contributed by atoms with van der Waals surface area (Å²) in [5, 5.41) is 4.05. The van der Waals surface area contributed by atoms with Crippen molar-refractivity contribution in [2.75, 3.05) is 0 Å². The highest BCUT2D eigenvalue weighted by Crippen LogP contribution is 2.47. The van der Waals surface area contributed by atoms with Crippen LogP contribution in [0.25, 0.3) is 0 Å². The van der Waals surface area contributed by atoms with Crippen molar-refractivity contribution in [3.8, 4) is 0 Å². The van der Waals surface area contributed by atoms with E-state index in [0.29, 0.717) is 31.5 Å². The lowest BCUT2D eigenvalue weighted by Crippen LogP contribution is -2.33. The summed E-state index contributed by atoms with van der Waals surface area (Å²) in [6.45, 7) is 3.41. The summed E-state index contributed by atoms with van der Waals surface area (Å²) in [5.41, 5.74) is 0. The van der Waals surface area contributed by atoms with Crippen LogP contribution in [0.4, 0.5) is 0 Å². The fourth-order valence-corrected chi connectivity index (χ4v) is 3.07. The van der Waals surface area contributed by atoms with E-state index >= 15 is 0 Å². The maximum atomic E-state index is 12.6. The van der Waals surface area contributed by atoms with Gasteiger partial charge < -0.3 is 9.32 Å². The lowest BCUT2D eigenvalue weighted by molar-refractivity contribution is -0.133. The van der Waals surface area contributed by atoms with Gasteiger partial charge in [-0.15, -0.1) is 0 Å². The van der Waals surface area contributed by atoms with Crippen molar-refractivity contribution in [3.05, 3.63) is 36.3 Å². The number of rotatable bonds is 7. The zero-order valence-corrected chi connectivity index (χ0v) is 13.4. The summed E-state index contributed by atoms with van der Waals surface area (Å²) in [4.78, 5) is 18.4. The van der Waals surface area contributed by atoms with Gasteiger partial charge in [0, 0.05) is 18.4 Å². The standard InChI is InChI=1S/C17H22N4O2/c1-12-8-15(12)16-5-4-14(23-16)9-21(13-2-3-13)17(22)6-7-20-11-18-10-19-20/h4-5,10-13,15H,2-3,6-9H2,1H3/t12-,15-/m1/s1. The second-order valence-electron chi connectivity index (χ2n) is 6.78. The molecule has 0 bridgehead atoms. The highest BCUT2D eigenvalue weighted by atomic mass is 16.3. The Morgan fingerprint density at radius 1 is 1.43 bits per heavy atom. The van der Waals surface area contributed by atoms with Crippen molar-refractivity contribution in [2.24, 2.45) is 5.92 Å². The predicted molar refractivity (Wildman–Crippen MR) is 83.4 cm³/mol. The SMILES string of the molecule is C[C@@H]1C[C@H]1c1ccc(CN(C(=O)CCn2cncn2)C2CC2)o1. The third-order valence-electron chi connectivity index (χ3n) is 4.81. The molecule has 2 fully saturated rings. The summed E-state index contributed by atoms with van der Waals surface area (Å²) in [5.74, 6) is 3.47. The topological polar surface area (TPSA) is 64.2 Å². The molecule has 1 amide bonds. The first kappa shape index (κ1) is 14.5. The monoisotopic (exact) mass is 314 g/mol. The molecule has 6 nitrogen and oxygen atoms in total. The van der Waals surface area contributed by atoms with Crippen molar-refractivity contribution in [1.29, 1.82) is 0 Å². The third kappa shape index (κ3) is 3.30. The van der Waals surface area contributed by atoms with E-state index < -0.39 is 0 Å². The lowest BCUT2D eigenvalue weighted by Gasteiger charge is -2.21. The number of aromatic nitrogens is 3. The van der Waals surface area contributed by atoms with Gasteiger partial charge in [-0.3, -0.25) is 9.48 Å². The zero-order valence-electron chi connectivity index (χ0n) is 13.4. The molecular formula is C17H22N4O2. The first-order valence-electron chi connectivity index (χ1n) is 8.41. The first-order valence-corrected chi connectivity index (χ1v) is 8.41. The molecule has 122 valence electrons. The minimum atomic E-state index is 0.167. The van der Waals surface area contributed by atoms with Gasteiger partial charge in [-0.25, -0.2) is 4.98 Å². The predicted octanol–water partition coefficient (Wildman–Crippen LogP) is 2.58. The van der Waals surface area contributed by atoms with Crippen molar-refractivity contribution < 1.29 is 9.21 Å². The fraction of sp³-hybridized carbons (Fsp3) is 0.588. The number of amides is 1. The molecule has 2 atom stereocenters. The molecule has 6 heteroatoms. The Kier molecular flexibility index (Phi) is 3.67. The molecule has 2 aliphatic rings. The summed E-state index contributed by atoms with van der Waals surface area (Å²) >= 11 is 0. The van der Waals surface area contributed by atoms with Gasteiger partial charge in [0.1, 0.15) is 24.2 Å². The molecule has 0 radical (unpaired) electrons. The van der Waals surface area contributed by atoms with Gasteiger partial charge in [0.15, 0.2) is 0 Å². The number of carbonyl (C=O) groups excluding carboxylic acids is 1.